The number of aromatic nitrogens is 1. The van der Waals surface area contributed by atoms with Gasteiger partial charge < -0.3 is 14.0 Å². The molecule has 0 spiro atoms. The average molecular weight is 332 g/mol. The fraction of sp³-hybridized carbons (Fsp3) is 0.800. The van der Waals surface area contributed by atoms with Crippen molar-refractivity contribution < 1.29 is 9.47 Å². The van der Waals surface area contributed by atoms with Crippen LogP contribution >= 0.6 is 0 Å². The van der Waals surface area contributed by atoms with E-state index in [-0.39, 0.29) is 0 Å². The van der Waals surface area contributed by atoms with Crippen molar-refractivity contribution in [1.29, 1.82) is 0 Å². The third kappa shape index (κ3) is 4.62. The topological polar surface area (TPSA) is 26.6 Å². The standard InChI is InChI=1S/C20H32N2O2/c1-2-20-15-21(12-17-5-9-23-10-6-17)13-19(14-22(20)8-1)7-11-24-16-18-3-4-18/h1-2,8,17-19H,3-7,9-16H2/t19-/m0/s1. The quantitative estimate of drug-likeness (QED) is 0.718. The maximum Gasteiger partial charge on any atom is 0.0494 e. The molecule has 1 saturated carbocycles. The van der Waals surface area contributed by atoms with E-state index >= 15 is 0 Å². The first-order valence-electron chi connectivity index (χ1n) is 9.88. The Morgan fingerprint density at radius 3 is 2.75 bits per heavy atom. The van der Waals surface area contributed by atoms with Crippen LogP contribution in [0.3, 0.4) is 0 Å². The van der Waals surface area contributed by atoms with E-state index in [1.54, 1.807) is 0 Å². The molecule has 2 aliphatic heterocycles. The van der Waals surface area contributed by atoms with E-state index in [0.29, 0.717) is 5.92 Å². The molecule has 3 heterocycles. The van der Waals surface area contributed by atoms with Crippen LogP contribution in [0.4, 0.5) is 0 Å². The smallest absolute Gasteiger partial charge is 0.0494 e. The zero-order valence-corrected chi connectivity index (χ0v) is 14.9. The number of fused-ring (bicyclic) bond motifs is 1. The Bertz CT molecular complexity index is 505. The van der Waals surface area contributed by atoms with Crippen molar-refractivity contribution >= 4 is 0 Å². The third-order valence-electron chi connectivity index (χ3n) is 5.86. The van der Waals surface area contributed by atoms with Gasteiger partial charge in [-0.05, 0) is 62.0 Å². The Hall–Kier alpha value is -0.840. The highest BCUT2D eigenvalue weighted by atomic mass is 16.5. The number of hydrogen-bond acceptors (Lipinski definition) is 3. The summed E-state index contributed by atoms with van der Waals surface area (Å²) in [5, 5.41) is 0. The van der Waals surface area contributed by atoms with Gasteiger partial charge in [-0.2, -0.15) is 0 Å². The second-order valence-corrected chi connectivity index (χ2v) is 8.07. The van der Waals surface area contributed by atoms with E-state index in [9.17, 15) is 0 Å². The molecular weight excluding hydrogens is 300 g/mol. The van der Waals surface area contributed by atoms with Crippen LogP contribution in [0.1, 0.15) is 37.8 Å². The molecule has 0 bridgehead atoms. The summed E-state index contributed by atoms with van der Waals surface area (Å²) in [4.78, 5) is 2.69. The SMILES string of the molecule is c1cc2n(c1)C[C@@H](CCOCC1CC1)CN(CC1CCOCC1)C2. The van der Waals surface area contributed by atoms with Crippen LogP contribution in [0.15, 0.2) is 18.3 Å². The van der Waals surface area contributed by atoms with Crippen LogP contribution in [-0.2, 0) is 22.6 Å². The summed E-state index contributed by atoms with van der Waals surface area (Å²) in [5.74, 6) is 2.39. The summed E-state index contributed by atoms with van der Waals surface area (Å²) in [6.07, 6.45) is 8.67. The second-order valence-electron chi connectivity index (χ2n) is 8.07. The molecule has 1 aromatic rings. The number of nitrogens with zero attached hydrogens (tertiary/aromatic N) is 2. The van der Waals surface area contributed by atoms with Crippen molar-refractivity contribution in [1.82, 2.24) is 9.47 Å². The Morgan fingerprint density at radius 1 is 1.04 bits per heavy atom. The molecule has 0 aromatic carbocycles. The molecule has 0 radical (unpaired) electrons. The minimum Gasteiger partial charge on any atom is -0.381 e. The summed E-state index contributed by atoms with van der Waals surface area (Å²) in [6, 6.07) is 4.50. The van der Waals surface area contributed by atoms with Gasteiger partial charge in [-0.3, -0.25) is 4.90 Å². The first-order chi connectivity index (χ1) is 11.9. The number of rotatable bonds is 7. The van der Waals surface area contributed by atoms with Crippen LogP contribution in [0, 0.1) is 17.8 Å². The zero-order chi connectivity index (χ0) is 16.2. The predicted octanol–water partition coefficient (Wildman–Crippen LogP) is 3.16. The minimum atomic E-state index is 0.706. The van der Waals surface area contributed by atoms with Gasteiger partial charge in [0.25, 0.3) is 0 Å². The van der Waals surface area contributed by atoms with Crippen LogP contribution in [0.2, 0.25) is 0 Å². The van der Waals surface area contributed by atoms with E-state index < -0.39 is 0 Å². The highest BCUT2D eigenvalue weighted by Crippen LogP contribution is 2.29. The molecule has 1 atom stereocenters. The average Bonchev–Trinajstić information content (AvgIpc) is 3.35. The first kappa shape index (κ1) is 16.6. The second kappa shape index (κ2) is 8.03. The van der Waals surface area contributed by atoms with Gasteiger partial charge in [0.2, 0.25) is 0 Å². The molecule has 0 unspecified atom stereocenters. The van der Waals surface area contributed by atoms with E-state index in [2.05, 4.69) is 27.8 Å². The fourth-order valence-electron chi connectivity index (χ4n) is 4.17. The first-order valence-corrected chi connectivity index (χ1v) is 9.88. The maximum absolute atomic E-state index is 5.91. The van der Waals surface area contributed by atoms with Crippen LogP contribution < -0.4 is 0 Å². The van der Waals surface area contributed by atoms with E-state index in [0.717, 1.165) is 51.4 Å². The summed E-state index contributed by atoms with van der Waals surface area (Å²) in [5.41, 5.74) is 1.48. The molecule has 4 rings (SSSR count). The van der Waals surface area contributed by atoms with Gasteiger partial charge in [0.1, 0.15) is 0 Å². The monoisotopic (exact) mass is 332 g/mol. The Morgan fingerprint density at radius 2 is 1.92 bits per heavy atom. The Balaban J connectivity index is 1.32. The molecule has 134 valence electrons. The minimum absolute atomic E-state index is 0.706. The van der Waals surface area contributed by atoms with E-state index in [1.807, 2.05) is 0 Å². The van der Waals surface area contributed by atoms with Gasteiger partial charge >= 0.3 is 0 Å². The lowest BCUT2D eigenvalue weighted by atomic mass is 9.98. The molecule has 4 nitrogen and oxygen atoms in total. The lowest BCUT2D eigenvalue weighted by molar-refractivity contribution is 0.0475. The van der Waals surface area contributed by atoms with Crippen LogP contribution in [-0.4, -0.2) is 49.0 Å². The summed E-state index contributed by atoms with van der Waals surface area (Å²) in [6.45, 7) is 8.53. The molecule has 0 amide bonds. The normalized spacial score (nSPS) is 26.2. The zero-order valence-electron chi connectivity index (χ0n) is 14.9. The van der Waals surface area contributed by atoms with Crippen LogP contribution in [0.5, 0.6) is 0 Å². The van der Waals surface area contributed by atoms with Gasteiger partial charge in [0, 0.05) is 64.5 Å². The van der Waals surface area contributed by atoms with Crippen molar-refractivity contribution in [3.63, 3.8) is 0 Å². The summed E-state index contributed by atoms with van der Waals surface area (Å²) >= 11 is 0. The maximum atomic E-state index is 5.91. The third-order valence-corrected chi connectivity index (χ3v) is 5.86. The van der Waals surface area contributed by atoms with Crippen molar-refractivity contribution in [3.05, 3.63) is 24.0 Å². The highest BCUT2D eigenvalue weighted by Gasteiger charge is 2.25. The lowest BCUT2D eigenvalue weighted by Gasteiger charge is -2.30. The summed E-state index contributed by atoms with van der Waals surface area (Å²) < 4.78 is 13.9. The van der Waals surface area contributed by atoms with E-state index in [4.69, 9.17) is 9.47 Å². The van der Waals surface area contributed by atoms with Gasteiger partial charge in [-0.15, -0.1) is 0 Å². The van der Waals surface area contributed by atoms with Crippen molar-refractivity contribution in [2.75, 3.05) is 39.5 Å². The molecule has 1 aliphatic carbocycles. The van der Waals surface area contributed by atoms with Crippen LogP contribution in [0.25, 0.3) is 0 Å². The molecular formula is C20H32N2O2. The number of ether oxygens (including phenoxy) is 2. The van der Waals surface area contributed by atoms with Gasteiger partial charge in [-0.1, -0.05) is 0 Å². The van der Waals surface area contributed by atoms with Crippen molar-refractivity contribution in [3.8, 4) is 0 Å². The van der Waals surface area contributed by atoms with Crippen molar-refractivity contribution in [2.45, 2.75) is 45.2 Å². The molecule has 0 N–H and O–H groups in total. The lowest BCUT2D eigenvalue weighted by Crippen LogP contribution is -2.35. The number of hydrogen-bond donors (Lipinski definition) is 0. The molecule has 2 fully saturated rings. The fourth-order valence-corrected chi connectivity index (χ4v) is 4.17. The molecule has 4 heteroatoms. The van der Waals surface area contributed by atoms with E-state index in [1.165, 1.54) is 50.9 Å². The molecule has 1 aromatic heterocycles. The molecule has 24 heavy (non-hydrogen) atoms. The Kier molecular flexibility index (Phi) is 5.56. The highest BCUT2D eigenvalue weighted by molar-refractivity contribution is 5.08. The van der Waals surface area contributed by atoms with Crippen molar-refractivity contribution in [2.24, 2.45) is 17.8 Å². The Labute approximate surface area is 146 Å². The van der Waals surface area contributed by atoms with Gasteiger partial charge in [0.15, 0.2) is 0 Å². The van der Waals surface area contributed by atoms with Gasteiger partial charge in [-0.25, -0.2) is 0 Å². The predicted molar refractivity (Wildman–Crippen MR) is 94.9 cm³/mol. The molecule has 3 aliphatic rings. The molecule has 1 saturated heterocycles. The summed E-state index contributed by atoms with van der Waals surface area (Å²) in [7, 11) is 0. The largest absolute Gasteiger partial charge is 0.381 e. The van der Waals surface area contributed by atoms with Gasteiger partial charge in [0.05, 0.1) is 0 Å².